The van der Waals surface area contributed by atoms with Gasteiger partial charge in [-0.05, 0) is 62.4 Å². The molecule has 2 aliphatic heterocycles. The van der Waals surface area contributed by atoms with Gasteiger partial charge in [0.1, 0.15) is 5.75 Å². The van der Waals surface area contributed by atoms with Gasteiger partial charge in [-0.3, -0.25) is 28.9 Å². The zero-order valence-electron chi connectivity index (χ0n) is 22.3. The van der Waals surface area contributed by atoms with Crippen LogP contribution in [0.25, 0.3) is 0 Å². The Morgan fingerprint density at radius 1 is 1.02 bits per heavy atom. The van der Waals surface area contributed by atoms with Crippen LogP contribution in [-0.4, -0.2) is 51.3 Å². The molecule has 4 amide bonds. The molecule has 9 nitrogen and oxygen atoms in total. The number of allylic oxidation sites excluding steroid dienone is 2. The first-order valence-electron chi connectivity index (χ1n) is 13.7. The minimum absolute atomic E-state index is 0.0230. The summed E-state index contributed by atoms with van der Waals surface area (Å²) >= 11 is 3.48. The Kier molecular flexibility index (Phi) is 6.64. The summed E-state index contributed by atoms with van der Waals surface area (Å²) in [5, 5.41) is 20.1. The number of amides is 4. The molecule has 41 heavy (non-hydrogen) atoms. The molecular formula is C31H29BrN2O7. The number of hydrogen-bond donors (Lipinski definition) is 2. The summed E-state index contributed by atoms with van der Waals surface area (Å²) in [4.78, 5) is 68.9. The summed E-state index contributed by atoms with van der Waals surface area (Å²) in [5.41, 5.74) is 0.477. The predicted octanol–water partition coefficient (Wildman–Crippen LogP) is 4.25. The lowest BCUT2D eigenvalue weighted by Gasteiger charge is -2.49. The number of aliphatic carboxylic acids is 1. The summed E-state index contributed by atoms with van der Waals surface area (Å²) in [7, 11) is 0. The Balaban J connectivity index is 1.46. The number of halogens is 1. The van der Waals surface area contributed by atoms with Crippen LogP contribution in [0.1, 0.15) is 44.1 Å². The Hall–Kier alpha value is -3.79. The van der Waals surface area contributed by atoms with Crippen molar-refractivity contribution in [3.8, 4) is 5.75 Å². The van der Waals surface area contributed by atoms with Crippen LogP contribution in [-0.2, 0) is 24.0 Å². The Morgan fingerprint density at radius 2 is 1.76 bits per heavy atom. The van der Waals surface area contributed by atoms with Gasteiger partial charge in [0.2, 0.25) is 23.6 Å². The third-order valence-corrected chi connectivity index (χ3v) is 9.95. The summed E-state index contributed by atoms with van der Waals surface area (Å²) in [5.74, 6) is -5.76. The fraction of sp³-hybridized carbons (Fsp3) is 0.387. The quantitative estimate of drug-likeness (QED) is 0.364. The molecule has 2 aromatic rings. The van der Waals surface area contributed by atoms with E-state index in [0.29, 0.717) is 15.7 Å². The normalized spacial score (nSPS) is 30.7. The predicted molar refractivity (Wildman–Crippen MR) is 150 cm³/mol. The van der Waals surface area contributed by atoms with Gasteiger partial charge in [0.25, 0.3) is 0 Å². The average Bonchev–Trinajstić information content (AvgIpc) is 3.30. The second kappa shape index (κ2) is 9.94. The summed E-state index contributed by atoms with van der Waals surface area (Å²) in [6.45, 7) is 1.80. The maximum atomic E-state index is 14.3. The number of rotatable bonds is 6. The van der Waals surface area contributed by atoms with E-state index < -0.39 is 41.0 Å². The highest BCUT2D eigenvalue weighted by Crippen LogP contribution is 2.64. The van der Waals surface area contributed by atoms with E-state index in [4.69, 9.17) is 5.11 Å². The number of imide groups is 2. The molecule has 2 aliphatic carbocycles. The molecule has 6 rings (SSSR count). The lowest BCUT2D eigenvalue weighted by Crippen LogP contribution is -2.48. The van der Waals surface area contributed by atoms with E-state index in [1.165, 1.54) is 15.9 Å². The van der Waals surface area contributed by atoms with Gasteiger partial charge in [-0.2, -0.15) is 0 Å². The minimum atomic E-state index is -1.24. The van der Waals surface area contributed by atoms with Crippen molar-refractivity contribution in [2.75, 3.05) is 11.4 Å². The van der Waals surface area contributed by atoms with E-state index in [-0.39, 0.29) is 61.6 Å². The highest BCUT2D eigenvalue weighted by molar-refractivity contribution is 9.10. The largest absolute Gasteiger partial charge is 0.508 e. The lowest BCUT2D eigenvalue weighted by atomic mass is 9.51. The van der Waals surface area contributed by atoms with Crippen molar-refractivity contribution >= 4 is 51.2 Å². The molecule has 2 heterocycles. The highest BCUT2D eigenvalue weighted by atomic mass is 79.9. The van der Waals surface area contributed by atoms with Crippen LogP contribution in [0.5, 0.6) is 5.75 Å². The number of carboxylic acids is 1. The molecule has 2 aromatic carbocycles. The van der Waals surface area contributed by atoms with Crippen molar-refractivity contribution in [3.63, 3.8) is 0 Å². The van der Waals surface area contributed by atoms with E-state index in [2.05, 4.69) is 15.9 Å². The first-order chi connectivity index (χ1) is 19.6. The van der Waals surface area contributed by atoms with Crippen molar-refractivity contribution < 1.29 is 34.2 Å². The van der Waals surface area contributed by atoms with Gasteiger partial charge in [-0.25, -0.2) is 4.90 Å². The first kappa shape index (κ1) is 27.4. The number of nitrogens with zero attached hydrogens (tertiary/aromatic N) is 2. The van der Waals surface area contributed by atoms with Gasteiger partial charge < -0.3 is 10.2 Å². The maximum Gasteiger partial charge on any atom is 0.303 e. The number of benzene rings is 2. The van der Waals surface area contributed by atoms with Crippen LogP contribution in [0.3, 0.4) is 0 Å². The molecule has 6 unspecified atom stereocenters. The summed E-state index contributed by atoms with van der Waals surface area (Å²) < 4.78 is 0.690. The highest BCUT2D eigenvalue weighted by Gasteiger charge is 2.67. The number of anilines is 1. The second-order valence-corrected chi connectivity index (χ2v) is 12.4. The zero-order valence-corrected chi connectivity index (χ0v) is 23.9. The van der Waals surface area contributed by atoms with Gasteiger partial charge in [-0.1, -0.05) is 45.8 Å². The third-order valence-electron chi connectivity index (χ3n) is 9.45. The van der Waals surface area contributed by atoms with Crippen molar-refractivity contribution in [1.29, 1.82) is 0 Å². The number of para-hydroxylation sites is 1. The molecule has 212 valence electrons. The van der Waals surface area contributed by atoms with Gasteiger partial charge >= 0.3 is 5.97 Å². The summed E-state index contributed by atoms with van der Waals surface area (Å²) in [6, 6.07) is 13.7. The molecule has 2 saturated heterocycles. The number of carbonyl (C=O) groups is 5. The monoisotopic (exact) mass is 620 g/mol. The number of aromatic hydroxyl groups is 1. The molecule has 3 fully saturated rings. The number of carbonyl (C=O) groups excluding carboxylic acids is 4. The number of phenolic OH excluding ortho intramolecular Hbond substituents is 1. The molecule has 10 heteroatoms. The molecular weight excluding hydrogens is 592 g/mol. The first-order valence-corrected chi connectivity index (χ1v) is 14.5. The molecule has 0 spiro atoms. The van der Waals surface area contributed by atoms with E-state index in [1.807, 2.05) is 6.08 Å². The fourth-order valence-electron chi connectivity index (χ4n) is 7.61. The number of likely N-dealkylation sites (tertiary alicyclic amines) is 1. The van der Waals surface area contributed by atoms with Crippen LogP contribution in [0.15, 0.2) is 64.7 Å². The van der Waals surface area contributed by atoms with Gasteiger partial charge in [-0.15, -0.1) is 0 Å². The van der Waals surface area contributed by atoms with Crippen molar-refractivity contribution in [1.82, 2.24) is 4.90 Å². The minimum Gasteiger partial charge on any atom is -0.508 e. The number of hydrogen-bond acceptors (Lipinski definition) is 6. The molecule has 0 radical (unpaired) electrons. The Bertz CT molecular complexity index is 1520. The number of phenols is 1. The second-order valence-electron chi connectivity index (χ2n) is 11.5. The molecule has 6 atom stereocenters. The van der Waals surface area contributed by atoms with Gasteiger partial charge in [0, 0.05) is 28.9 Å². The third kappa shape index (κ3) is 4.06. The van der Waals surface area contributed by atoms with E-state index in [1.54, 1.807) is 49.4 Å². The topological polar surface area (TPSA) is 132 Å². The Labute approximate surface area is 244 Å². The number of fused-ring (bicyclic) bond motifs is 4. The maximum absolute atomic E-state index is 14.3. The van der Waals surface area contributed by atoms with E-state index >= 15 is 0 Å². The van der Waals surface area contributed by atoms with Crippen molar-refractivity contribution in [2.24, 2.45) is 29.1 Å². The molecule has 0 aromatic heterocycles. The zero-order chi connectivity index (χ0) is 29.2. The fourth-order valence-corrected chi connectivity index (χ4v) is 7.99. The van der Waals surface area contributed by atoms with Gasteiger partial charge in [0.15, 0.2) is 0 Å². The van der Waals surface area contributed by atoms with Crippen molar-refractivity contribution in [2.45, 2.75) is 38.5 Å². The average molecular weight is 621 g/mol. The lowest BCUT2D eigenvalue weighted by molar-refractivity contribution is -0.142. The van der Waals surface area contributed by atoms with Crippen LogP contribution in [0, 0.1) is 29.1 Å². The molecule has 0 bridgehead atoms. The smallest absolute Gasteiger partial charge is 0.303 e. The van der Waals surface area contributed by atoms with Crippen LogP contribution >= 0.6 is 15.9 Å². The summed E-state index contributed by atoms with van der Waals surface area (Å²) in [6.07, 6.45) is 2.42. The van der Waals surface area contributed by atoms with Gasteiger partial charge in [0.05, 0.1) is 28.9 Å². The van der Waals surface area contributed by atoms with E-state index in [9.17, 15) is 29.1 Å². The van der Waals surface area contributed by atoms with Crippen LogP contribution in [0.2, 0.25) is 0 Å². The molecule has 1 saturated carbocycles. The molecule has 4 aliphatic rings. The van der Waals surface area contributed by atoms with E-state index in [0.717, 1.165) is 5.57 Å². The van der Waals surface area contributed by atoms with Crippen LogP contribution in [0.4, 0.5) is 5.69 Å². The van der Waals surface area contributed by atoms with Crippen LogP contribution < -0.4 is 4.90 Å². The van der Waals surface area contributed by atoms with Crippen molar-refractivity contribution in [3.05, 3.63) is 70.2 Å². The number of carboxylic acid groups (broad SMARTS) is 1. The molecule has 2 N–H and O–H groups in total. The standard InChI is InChI=1S/C31H29BrN2O7/c1-31-22(28(39)34(30(31)41)17-6-3-2-4-7-17)15-20-18(26(31)21-14-16(32)9-12-23(21)35)10-11-19-25(20)29(40)33(27(19)38)13-5-8-24(36)37/h2-4,6-7,9-10,12,14,19-20,22,25-26,35H,5,8,11,13,15H2,1H3,(H,36,37). The SMILES string of the molecule is CC12C(=O)N(c3ccccc3)C(=O)C1CC1C(=CCC3C(=O)N(CCCC(=O)O)C(=O)C31)C2c1cc(Br)ccc1O. The Morgan fingerprint density at radius 3 is 2.46 bits per heavy atom.